The molecule has 162 valence electrons. The van der Waals surface area contributed by atoms with E-state index in [4.69, 9.17) is 5.11 Å². The molecule has 0 aliphatic heterocycles. The van der Waals surface area contributed by atoms with Gasteiger partial charge in [0.1, 0.15) is 6.04 Å². The van der Waals surface area contributed by atoms with E-state index in [0.717, 1.165) is 0 Å². The second-order valence-electron chi connectivity index (χ2n) is 6.52. The molecule has 1 heterocycles. The van der Waals surface area contributed by atoms with E-state index in [1.54, 1.807) is 29.8 Å². The number of thiazole rings is 1. The van der Waals surface area contributed by atoms with Gasteiger partial charge in [0, 0.05) is 22.6 Å². The van der Waals surface area contributed by atoms with Gasteiger partial charge in [-0.3, -0.25) is 14.9 Å². The maximum atomic E-state index is 13.1. The number of carbonyl (C=O) groups is 2. The summed E-state index contributed by atoms with van der Waals surface area (Å²) < 4.78 is 0.589. The van der Waals surface area contributed by atoms with Crippen LogP contribution < -0.4 is 16.0 Å². The maximum absolute atomic E-state index is 13.1. The molecule has 1 unspecified atom stereocenters. The van der Waals surface area contributed by atoms with Crippen LogP contribution in [-0.4, -0.2) is 46.3 Å². The van der Waals surface area contributed by atoms with Gasteiger partial charge < -0.3 is 20.8 Å². The quantitative estimate of drug-likeness (QED) is 0.305. The molecule has 31 heavy (non-hydrogen) atoms. The number of anilines is 2. The third-order valence-corrected chi connectivity index (χ3v) is 5.66. The predicted molar refractivity (Wildman–Crippen MR) is 123 cm³/mol. The Kier molecular flexibility index (Phi) is 8.13. The number of aliphatic hydroxyl groups excluding tert-OH is 2. The van der Waals surface area contributed by atoms with E-state index in [1.807, 2.05) is 30.3 Å². The highest BCUT2D eigenvalue weighted by Crippen LogP contribution is 2.31. The highest BCUT2D eigenvalue weighted by Gasteiger charge is 2.25. The molecule has 0 saturated carbocycles. The molecule has 0 fully saturated rings. The average molecular weight is 505 g/mol. The monoisotopic (exact) mass is 504 g/mol. The van der Waals surface area contributed by atoms with Gasteiger partial charge in [-0.25, -0.2) is 4.98 Å². The van der Waals surface area contributed by atoms with Gasteiger partial charge >= 0.3 is 0 Å². The van der Waals surface area contributed by atoms with Crippen molar-refractivity contribution in [2.45, 2.75) is 12.1 Å². The van der Waals surface area contributed by atoms with E-state index in [2.05, 4.69) is 36.9 Å². The van der Waals surface area contributed by atoms with Gasteiger partial charge in [-0.15, -0.1) is 11.3 Å². The number of rotatable bonds is 9. The number of aromatic nitrogens is 1. The largest absolute Gasteiger partial charge is 0.394 e. The first-order chi connectivity index (χ1) is 15.0. The second kappa shape index (κ2) is 11.0. The minimum Gasteiger partial charge on any atom is -0.394 e. The topological polar surface area (TPSA) is 124 Å². The van der Waals surface area contributed by atoms with Gasteiger partial charge in [-0.1, -0.05) is 36.4 Å². The standard InChI is InChI=1S/C21H21BrN4O4S/c22-16-8-4-7-15(19(29)24-11-14(28)12-27)18(16)25-17(13-5-2-1-3-6-13)20(30)26-21-23-9-10-31-21/h1-10,14,17,25,27-28H,11-12H2,(H,24,29)(H,23,26,30)/t14?,17-/m1/s1. The van der Waals surface area contributed by atoms with E-state index >= 15 is 0 Å². The van der Waals surface area contributed by atoms with E-state index in [0.29, 0.717) is 20.9 Å². The lowest BCUT2D eigenvalue weighted by Crippen LogP contribution is -2.34. The van der Waals surface area contributed by atoms with Crippen molar-refractivity contribution in [3.63, 3.8) is 0 Å². The molecule has 3 rings (SSSR count). The van der Waals surface area contributed by atoms with Gasteiger partial charge in [-0.05, 0) is 33.6 Å². The molecule has 2 aromatic carbocycles. The highest BCUT2D eigenvalue weighted by atomic mass is 79.9. The molecular formula is C21H21BrN4O4S. The summed E-state index contributed by atoms with van der Waals surface area (Å²) in [5.74, 6) is -0.789. The minimum atomic E-state index is -1.06. The number of halogens is 1. The molecule has 0 saturated heterocycles. The summed E-state index contributed by atoms with van der Waals surface area (Å²) in [6.07, 6.45) is 0.538. The van der Waals surface area contributed by atoms with E-state index in [9.17, 15) is 14.7 Å². The molecule has 0 spiro atoms. The van der Waals surface area contributed by atoms with Crippen molar-refractivity contribution < 1.29 is 19.8 Å². The third kappa shape index (κ3) is 6.11. The van der Waals surface area contributed by atoms with Crippen molar-refractivity contribution in [3.8, 4) is 0 Å². The molecule has 0 radical (unpaired) electrons. The molecule has 10 heteroatoms. The normalized spacial score (nSPS) is 12.6. The first-order valence-corrected chi connectivity index (χ1v) is 11.0. The van der Waals surface area contributed by atoms with Crippen LogP contribution in [0.25, 0.3) is 0 Å². The molecule has 3 aromatic rings. The number of nitrogens with zero attached hydrogens (tertiary/aromatic N) is 1. The molecule has 8 nitrogen and oxygen atoms in total. The number of hydrogen-bond donors (Lipinski definition) is 5. The van der Waals surface area contributed by atoms with Gasteiger partial charge in [0.2, 0.25) is 0 Å². The molecule has 1 aromatic heterocycles. The van der Waals surface area contributed by atoms with Crippen molar-refractivity contribution in [2.24, 2.45) is 0 Å². The van der Waals surface area contributed by atoms with Gasteiger partial charge in [0.15, 0.2) is 5.13 Å². The van der Waals surface area contributed by atoms with Crippen LogP contribution in [0.15, 0.2) is 64.6 Å². The van der Waals surface area contributed by atoms with Crippen LogP contribution in [0.5, 0.6) is 0 Å². The minimum absolute atomic E-state index is 0.103. The fourth-order valence-electron chi connectivity index (χ4n) is 2.78. The van der Waals surface area contributed by atoms with Crippen LogP contribution in [0.4, 0.5) is 10.8 Å². The van der Waals surface area contributed by atoms with Crippen molar-refractivity contribution in [3.05, 3.63) is 75.7 Å². The number of para-hydroxylation sites is 1. The Morgan fingerprint density at radius 2 is 1.90 bits per heavy atom. The fraction of sp³-hybridized carbons (Fsp3) is 0.190. The molecule has 2 amide bonds. The van der Waals surface area contributed by atoms with Crippen molar-refractivity contribution >= 4 is 49.9 Å². The molecule has 0 bridgehead atoms. The number of benzene rings is 2. The summed E-state index contributed by atoms with van der Waals surface area (Å²) in [5, 5.41) is 29.2. The van der Waals surface area contributed by atoms with Crippen molar-refractivity contribution in [1.29, 1.82) is 0 Å². The Morgan fingerprint density at radius 3 is 2.58 bits per heavy atom. The smallest absolute Gasteiger partial charge is 0.253 e. The van der Waals surface area contributed by atoms with Crippen LogP contribution in [-0.2, 0) is 4.79 Å². The molecular weight excluding hydrogens is 484 g/mol. The number of carbonyl (C=O) groups excluding carboxylic acids is 2. The Morgan fingerprint density at radius 1 is 1.13 bits per heavy atom. The van der Waals surface area contributed by atoms with E-state index in [1.165, 1.54) is 11.3 Å². The summed E-state index contributed by atoms with van der Waals surface area (Å²) in [7, 11) is 0. The van der Waals surface area contributed by atoms with Crippen LogP contribution in [0.2, 0.25) is 0 Å². The lowest BCUT2D eigenvalue weighted by molar-refractivity contribution is -0.117. The summed E-state index contributed by atoms with van der Waals surface area (Å²) >= 11 is 4.75. The summed E-state index contributed by atoms with van der Waals surface area (Å²) in [4.78, 5) is 29.9. The summed E-state index contributed by atoms with van der Waals surface area (Å²) in [6.45, 7) is -0.565. The van der Waals surface area contributed by atoms with Crippen LogP contribution in [0.1, 0.15) is 22.0 Å². The average Bonchev–Trinajstić information content (AvgIpc) is 3.29. The Bertz CT molecular complexity index is 1020. The highest BCUT2D eigenvalue weighted by molar-refractivity contribution is 9.10. The van der Waals surface area contributed by atoms with Crippen LogP contribution in [0, 0.1) is 0 Å². The summed E-state index contributed by atoms with van der Waals surface area (Å²) in [6, 6.07) is 13.4. The van der Waals surface area contributed by atoms with Crippen LogP contribution >= 0.6 is 27.3 Å². The van der Waals surface area contributed by atoms with Gasteiger partial charge in [0.05, 0.1) is 24.0 Å². The number of aliphatic hydroxyl groups is 2. The second-order valence-corrected chi connectivity index (χ2v) is 8.27. The summed E-state index contributed by atoms with van der Waals surface area (Å²) in [5.41, 5.74) is 1.40. The molecule has 5 N–H and O–H groups in total. The van der Waals surface area contributed by atoms with E-state index < -0.39 is 24.7 Å². The van der Waals surface area contributed by atoms with Crippen molar-refractivity contribution in [1.82, 2.24) is 10.3 Å². The SMILES string of the molecule is O=C(NCC(O)CO)c1cccc(Br)c1N[C@@H](C(=O)Nc1nccs1)c1ccccc1. The first-order valence-electron chi connectivity index (χ1n) is 9.37. The fourth-order valence-corrected chi connectivity index (χ4v) is 3.80. The lowest BCUT2D eigenvalue weighted by atomic mass is 10.0. The number of amides is 2. The van der Waals surface area contributed by atoms with Crippen LogP contribution in [0.3, 0.4) is 0 Å². The zero-order valence-electron chi connectivity index (χ0n) is 16.3. The zero-order valence-corrected chi connectivity index (χ0v) is 18.7. The maximum Gasteiger partial charge on any atom is 0.253 e. The lowest BCUT2D eigenvalue weighted by Gasteiger charge is -2.22. The number of hydrogen-bond acceptors (Lipinski definition) is 7. The Labute approximate surface area is 191 Å². The third-order valence-electron chi connectivity index (χ3n) is 4.31. The van der Waals surface area contributed by atoms with Gasteiger partial charge in [0.25, 0.3) is 11.8 Å². The van der Waals surface area contributed by atoms with Crippen molar-refractivity contribution in [2.75, 3.05) is 23.8 Å². The number of nitrogens with one attached hydrogen (secondary N) is 3. The Hall–Kier alpha value is -2.79. The molecule has 2 atom stereocenters. The first kappa shape index (κ1) is 22.9. The predicted octanol–water partition coefficient (Wildman–Crippen LogP) is 2.78. The van der Waals surface area contributed by atoms with Gasteiger partial charge in [-0.2, -0.15) is 0 Å². The molecule has 0 aliphatic rings. The Balaban J connectivity index is 1.90. The zero-order chi connectivity index (χ0) is 22.2. The molecule has 0 aliphatic carbocycles. The van der Waals surface area contributed by atoms with E-state index in [-0.39, 0.29) is 18.0 Å².